The van der Waals surface area contributed by atoms with E-state index in [9.17, 15) is 23.5 Å². The first-order chi connectivity index (χ1) is 24.1. The summed E-state index contributed by atoms with van der Waals surface area (Å²) in [6.07, 6.45) is 9.73. The largest absolute Gasteiger partial charge is 0.457 e. The zero-order chi connectivity index (χ0) is 36.3. The molecule has 5 aliphatic carbocycles. The van der Waals surface area contributed by atoms with Gasteiger partial charge in [0.15, 0.2) is 0 Å². The Morgan fingerprint density at radius 2 is 1.78 bits per heavy atom. The number of carbonyl (C=O) groups excluding carboxylic acids is 2. The lowest BCUT2D eigenvalue weighted by atomic mass is 9.41. The highest BCUT2D eigenvalue weighted by atomic mass is 19.1. The molecule has 1 aromatic heterocycles. The molecular formula is C42H51F2N2O5. The predicted molar refractivity (Wildman–Crippen MR) is 186 cm³/mol. The molecule has 1 aromatic carbocycles. The Morgan fingerprint density at radius 1 is 1.04 bits per heavy atom. The molecule has 273 valence electrons. The Kier molecular flexibility index (Phi) is 8.13. The van der Waals surface area contributed by atoms with E-state index in [0.29, 0.717) is 29.7 Å². The number of aromatic nitrogens is 1. The first-order valence-electron chi connectivity index (χ1n) is 18.8. The number of hydrogen-bond donors (Lipinski definition) is 1. The van der Waals surface area contributed by atoms with Crippen molar-refractivity contribution in [2.24, 2.45) is 44.8 Å². The average Bonchev–Trinajstić information content (AvgIpc) is 3.70. The van der Waals surface area contributed by atoms with E-state index in [-0.39, 0.29) is 64.6 Å². The minimum atomic E-state index is -0.779. The molecule has 9 heteroatoms. The summed E-state index contributed by atoms with van der Waals surface area (Å²) in [4.78, 5) is 31.6. The van der Waals surface area contributed by atoms with Crippen LogP contribution >= 0.6 is 0 Å². The third-order valence-electron chi connectivity index (χ3n) is 15.3. The summed E-state index contributed by atoms with van der Waals surface area (Å²) < 4.78 is 40.9. The van der Waals surface area contributed by atoms with Gasteiger partial charge in [-0.3, -0.25) is 4.79 Å². The van der Waals surface area contributed by atoms with E-state index in [4.69, 9.17) is 9.47 Å². The molecule has 1 aliphatic heterocycles. The highest BCUT2D eigenvalue weighted by molar-refractivity contribution is 5.87. The van der Waals surface area contributed by atoms with Gasteiger partial charge in [0.05, 0.1) is 12.6 Å². The van der Waals surface area contributed by atoms with Gasteiger partial charge < -0.3 is 19.5 Å². The van der Waals surface area contributed by atoms with Crippen LogP contribution in [0.25, 0.3) is 0 Å². The third-order valence-corrected chi connectivity index (χ3v) is 15.3. The average molecular weight is 702 g/mol. The number of pyridine rings is 1. The summed E-state index contributed by atoms with van der Waals surface area (Å²) in [5.41, 5.74) is 0.0821. The van der Waals surface area contributed by atoms with E-state index in [2.05, 4.69) is 39.6 Å². The zero-order valence-electron chi connectivity index (χ0n) is 30.7. The molecule has 6 aliphatic rings. The Bertz CT molecular complexity index is 1700. The van der Waals surface area contributed by atoms with E-state index in [1.165, 1.54) is 25.0 Å². The van der Waals surface area contributed by atoms with Gasteiger partial charge in [-0.05, 0) is 115 Å². The maximum atomic E-state index is 14.0. The minimum absolute atomic E-state index is 0.0608. The molecule has 2 aromatic rings. The fourth-order valence-electron chi connectivity index (χ4n) is 12.9. The normalized spacial score (nSPS) is 39.9. The lowest BCUT2D eigenvalue weighted by Crippen LogP contribution is -2.59. The van der Waals surface area contributed by atoms with Crippen molar-refractivity contribution in [1.82, 2.24) is 9.88 Å². The monoisotopic (exact) mass is 701 g/mol. The van der Waals surface area contributed by atoms with Crippen LogP contribution in [-0.4, -0.2) is 45.6 Å². The Hall–Kier alpha value is -2.91. The number of aliphatic hydroxyl groups is 1. The number of ether oxygens (including phenoxy) is 2. The standard InChI is InChI=1S/C42H51F2N2O5/c1-24-17-29(22-46(25(2)47)21-26-18-27(43)20-28(44)19-26)50-35-34(24)39(5)14-15-42-23-41(42)13-12-33(51-37(49)30-9-7-8-16-45-30)38(3,4)31(41)10-11-32(42)40(39,6)36(35)48/h7-9,16,18-20,24,31,33-34,36,48H,10-15,17,21-23H2,1-6H3/t24-,31+,33+,34+,36+,39-,40-,41-,42+/m1/s1. The molecule has 2 spiro atoms. The van der Waals surface area contributed by atoms with Gasteiger partial charge in [0.2, 0.25) is 5.91 Å². The predicted octanol–water partition coefficient (Wildman–Crippen LogP) is 8.03. The number of rotatable bonds is 6. The molecule has 8 rings (SSSR count). The summed E-state index contributed by atoms with van der Waals surface area (Å²) in [6.45, 7) is 13.2. The van der Waals surface area contributed by atoms with Crippen LogP contribution in [0, 0.1) is 74.6 Å². The van der Waals surface area contributed by atoms with Crippen molar-refractivity contribution in [1.29, 1.82) is 0 Å². The summed E-state index contributed by atoms with van der Waals surface area (Å²) >= 11 is 0. The number of carbonyl (C=O) groups is 2. The van der Waals surface area contributed by atoms with Crippen LogP contribution in [-0.2, 0) is 20.8 Å². The Morgan fingerprint density at radius 3 is 2.47 bits per heavy atom. The third kappa shape index (κ3) is 4.95. The zero-order valence-corrected chi connectivity index (χ0v) is 30.7. The number of amides is 1. The van der Waals surface area contributed by atoms with Gasteiger partial charge in [-0.25, -0.2) is 18.6 Å². The second-order valence-electron chi connectivity index (χ2n) is 17.8. The van der Waals surface area contributed by atoms with Crippen molar-refractivity contribution in [3.8, 4) is 0 Å². The first-order valence-corrected chi connectivity index (χ1v) is 18.8. The van der Waals surface area contributed by atoms with Crippen molar-refractivity contribution in [2.75, 3.05) is 6.54 Å². The van der Waals surface area contributed by atoms with E-state index < -0.39 is 23.2 Å². The highest BCUT2D eigenvalue weighted by Crippen LogP contribution is 2.90. The fourth-order valence-corrected chi connectivity index (χ4v) is 12.9. The lowest BCUT2D eigenvalue weighted by Gasteiger charge is -2.63. The number of esters is 1. The van der Waals surface area contributed by atoms with Crippen LogP contribution in [0.2, 0.25) is 0 Å². The SMILES string of the molecule is CC(=O)N(C[C]1C[C@@H](C)[C@H]2[C](O1)[C@H](O)[C@@]1(C)[C]3CC[C@H]4C(C)(C)[C@@H](OC(=O)c5ccccn5)CC[C@@]45C[C@@]35CC[C@]21C)Cc1cc(F)cc(F)c1. The maximum Gasteiger partial charge on any atom is 0.357 e. The maximum absolute atomic E-state index is 14.0. The summed E-state index contributed by atoms with van der Waals surface area (Å²) in [5, 5.41) is 12.5. The Balaban J connectivity index is 1.02. The second kappa shape index (κ2) is 11.8. The second-order valence-corrected chi connectivity index (χ2v) is 17.8. The molecule has 1 amide bonds. The number of nitrogens with zero attached hydrogens (tertiary/aromatic N) is 2. The quantitative estimate of drug-likeness (QED) is 0.307. The van der Waals surface area contributed by atoms with Crippen LogP contribution in [0.15, 0.2) is 42.6 Å². The molecule has 2 heterocycles. The fraction of sp³-hybridized carbons (Fsp3) is 0.619. The van der Waals surface area contributed by atoms with Crippen LogP contribution < -0.4 is 0 Å². The van der Waals surface area contributed by atoms with Crippen molar-refractivity contribution < 1.29 is 33.0 Å². The van der Waals surface area contributed by atoms with E-state index in [1.807, 2.05) is 6.07 Å². The summed E-state index contributed by atoms with van der Waals surface area (Å²) in [6, 6.07) is 8.64. The number of hydrogen-bond acceptors (Lipinski definition) is 6. The minimum Gasteiger partial charge on any atom is -0.457 e. The topological polar surface area (TPSA) is 89.0 Å². The van der Waals surface area contributed by atoms with Gasteiger partial charge in [0, 0.05) is 42.5 Å². The van der Waals surface area contributed by atoms with Crippen LogP contribution in [0.1, 0.15) is 109 Å². The molecule has 1 N–H and O–H groups in total. The molecule has 3 radical (unpaired) electrons. The number of fused-ring (bicyclic) bond motifs is 4. The van der Waals surface area contributed by atoms with Gasteiger partial charge in [-0.1, -0.05) is 40.7 Å². The summed E-state index contributed by atoms with van der Waals surface area (Å²) in [7, 11) is 0. The van der Waals surface area contributed by atoms with Crippen LogP contribution in [0.4, 0.5) is 8.78 Å². The lowest BCUT2D eigenvalue weighted by molar-refractivity contribution is -0.131. The molecule has 1 saturated heterocycles. The molecule has 0 unspecified atom stereocenters. The van der Waals surface area contributed by atoms with Crippen LogP contribution in [0.3, 0.4) is 0 Å². The van der Waals surface area contributed by atoms with Crippen molar-refractivity contribution in [2.45, 2.75) is 112 Å². The molecule has 9 atom stereocenters. The molecular weight excluding hydrogens is 650 g/mol. The van der Waals surface area contributed by atoms with E-state index in [0.717, 1.165) is 57.1 Å². The van der Waals surface area contributed by atoms with Crippen LogP contribution in [0.5, 0.6) is 0 Å². The van der Waals surface area contributed by atoms with Crippen molar-refractivity contribution in [3.05, 3.63) is 83.6 Å². The molecule has 7 nitrogen and oxygen atoms in total. The van der Waals surface area contributed by atoms with Gasteiger partial charge in [0.25, 0.3) is 0 Å². The molecule has 0 bridgehead atoms. The first kappa shape index (κ1) is 35.1. The van der Waals surface area contributed by atoms with E-state index >= 15 is 0 Å². The van der Waals surface area contributed by atoms with Gasteiger partial charge in [-0.15, -0.1) is 0 Å². The van der Waals surface area contributed by atoms with Gasteiger partial charge in [0.1, 0.15) is 35.6 Å². The van der Waals surface area contributed by atoms with Gasteiger partial charge in [-0.2, -0.15) is 0 Å². The Labute approximate surface area is 300 Å². The number of halogens is 2. The number of benzene rings is 1. The molecule has 51 heavy (non-hydrogen) atoms. The molecule has 6 fully saturated rings. The van der Waals surface area contributed by atoms with Crippen molar-refractivity contribution in [3.63, 3.8) is 0 Å². The highest BCUT2D eigenvalue weighted by Gasteiger charge is 2.85. The smallest absolute Gasteiger partial charge is 0.357 e. The van der Waals surface area contributed by atoms with E-state index in [1.54, 1.807) is 23.2 Å². The number of aliphatic hydroxyl groups excluding tert-OH is 1. The van der Waals surface area contributed by atoms with Crippen molar-refractivity contribution >= 4 is 11.9 Å². The molecule has 5 saturated carbocycles. The summed E-state index contributed by atoms with van der Waals surface area (Å²) in [5.74, 6) is 0.257. The van der Waals surface area contributed by atoms with Gasteiger partial charge >= 0.3 is 5.97 Å².